The van der Waals surface area contributed by atoms with Gasteiger partial charge in [0.05, 0.1) is 41.5 Å². The van der Waals surface area contributed by atoms with E-state index < -0.39 is 36.2 Å². The van der Waals surface area contributed by atoms with Gasteiger partial charge in [0.15, 0.2) is 0 Å². The molecule has 0 aliphatic carbocycles. The Labute approximate surface area is 239 Å². The van der Waals surface area contributed by atoms with Crippen molar-refractivity contribution in [3.63, 3.8) is 0 Å². The summed E-state index contributed by atoms with van der Waals surface area (Å²) in [6.07, 6.45) is 6.11. The molecule has 2 saturated heterocycles. The van der Waals surface area contributed by atoms with Gasteiger partial charge in [-0.25, -0.2) is 14.6 Å². The van der Waals surface area contributed by atoms with Gasteiger partial charge in [0.2, 0.25) is 5.91 Å². The van der Waals surface area contributed by atoms with Crippen molar-refractivity contribution in [2.45, 2.75) is 49.8 Å². The van der Waals surface area contributed by atoms with Crippen molar-refractivity contribution in [1.82, 2.24) is 19.2 Å². The van der Waals surface area contributed by atoms with Gasteiger partial charge in [-0.15, -0.1) is 23.1 Å². The highest BCUT2D eigenvalue weighted by Gasteiger charge is 2.60. The molecule has 13 heteroatoms. The maximum absolute atomic E-state index is 13.1. The van der Waals surface area contributed by atoms with Crippen molar-refractivity contribution in [2.24, 2.45) is 11.8 Å². The number of hydrogen-bond donors (Lipinski definition) is 2. The minimum absolute atomic E-state index is 0.00720. The zero-order chi connectivity index (χ0) is 28.7. The lowest BCUT2D eigenvalue weighted by atomic mass is 9.79. The van der Waals surface area contributed by atoms with Crippen LogP contribution in [0.2, 0.25) is 0 Å². The van der Waals surface area contributed by atoms with Crippen molar-refractivity contribution in [2.75, 3.05) is 19.8 Å². The number of β-lactam (4-membered cyclic amide) rings is 1. The monoisotopic (exact) mass is 588 g/mol. The molecule has 5 rings (SSSR count). The van der Waals surface area contributed by atoms with Crippen LogP contribution in [0.15, 0.2) is 54.6 Å². The first kappa shape index (κ1) is 28.4. The maximum Gasteiger partial charge on any atom is 0.410 e. The van der Waals surface area contributed by atoms with E-state index in [2.05, 4.69) is 18.1 Å². The van der Waals surface area contributed by atoms with Crippen molar-refractivity contribution in [1.29, 1.82) is 0 Å². The molecule has 3 aliphatic rings. The summed E-state index contributed by atoms with van der Waals surface area (Å²) in [6.45, 7) is 11.0. The Hall–Kier alpha value is -3.13. The summed E-state index contributed by atoms with van der Waals surface area (Å²) >= 11 is 2.80. The third-order valence-electron chi connectivity index (χ3n) is 7.57. The molecular formula is C27H32N4O7S2. The summed E-state index contributed by atoms with van der Waals surface area (Å²) in [6, 6.07) is -0.940. The maximum atomic E-state index is 13.1. The second-order valence-corrected chi connectivity index (χ2v) is 12.6. The molecule has 2 N–H and O–H groups in total. The molecule has 2 amide bonds. The molecular weight excluding hydrogens is 556 g/mol. The fourth-order valence-corrected chi connectivity index (χ4v) is 8.30. The van der Waals surface area contributed by atoms with Crippen molar-refractivity contribution in [3.05, 3.63) is 59.5 Å². The predicted molar refractivity (Wildman–Crippen MR) is 149 cm³/mol. The van der Waals surface area contributed by atoms with Crippen molar-refractivity contribution in [3.8, 4) is 0 Å². The highest BCUT2D eigenvalue weighted by atomic mass is 32.2. The van der Waals surface area contributed by atoms with Crippen LogP contribution in [-0.4, -0.2) is 90.6 Å². The SMILES string of the molecule is C=CCOC(=O)C1=C(S[C@H]2C[C@@H](C(O)c3cn4cncc4s3)N(C(=O)OCC=C)C2)[C@H](C)[C@@H]2[C@@H]([C@@H](C)O)C(=O)N12. The molecule has 11 nitrogen and oxygen atoms in total. The topological polar surface area (TPSA) is 134 Å². The molecule has 2 aromatic heterocycles. The standard InChI is InChI=1S/C27H32N4O7S2/c1-5-7-37-26(35)22-24(14(3)21-20(15(4)32)25(34)31(21)22)39-16-9-17(30(11-16)27(36)38-8-6-2)23(33)18-12-29-13-28-10-19(29)40-18/h5-6,10,12-17,20-21,23,32-33H,1-2,7-9,11H2,3-4H3/t14-,15-,16+,17+,20-,21-,23?/m1/s1. The molecule has 0 radical (unpaired) electrons. The number of amides is 2. The van der Waals surface area contributed by atoms with E-state index in [1.807, 2.05) is 11.3 Å². The molecule has 0 aromatic carbocycles. The second-order valence-electron chi connectivity index (χ2n) is 10.1. The molecule has 2 aromatic rings. The normalized spacial score (nSPS) is 27.4. The van der Waals surface area contributed by atoms with E-state index in [4.69, 9.17) is 9.47 Å². The number of rotatable bonds is 10. The van der Waals surface area contributed by atoms with Gasteiger partial charge in [0, 0.05) is 28.8 Å². The largest absolute Gasteiger partial charge is 0.457 e. The molecule has 1 unspecified atom stereocenters. The van der Waals surface area contributed by atoms with E-state index in [1.165, 1.54) is 45.1 Å². The summed E-state index contributed by atoms with van der Waals surface area (Å²) in [7, 11) is 0. The zero-order valence-corrected chi connectivity index (χ0v) is 23.8. The summed E-state index contributed by atoms with van der Waals surface area (Å²) in [5, 5.41) is 21.4. The van der Waals surface area contributed by atoms with Crippen LogP contribution >= 0.6 is 23.1 Å². The highest BCUT2D eigenvalue weighted by molar-refractivity contribution is 8.03. The Morgan fingerprint density at radius 3 is 2.67 bits per heavy atom. The van der Waals surface area contributed by atoms with Crippen LogP contribution < -0.4 is 0 Å². The molecule has 0 bridgehead atoms. The van der Waals surface area contributed by atoms with E-state index in [0.717, 1.165) is 4.83 Å². The van der Waals surface area contributed by atoms with Gasteiger partial charge >= 0.3 is 12.1 Å². The molecule has 5 heterocycles. The number of hydrogen-bond acceptors (Lipinski definition) is 10. The number of carbonyl (C=O) groups is 3. The molecule has 7 atom stereocenters. The van der Waals surface area contributed by atoms with Crippen LogP contribution in [0.25, 0.3) is 4.83 Å². The lowest BCUT2D eigenvalue weighted by Crippen LogP contribution is -2.63. The molecule has 0 saturated carbocycles. The van der Waals surface area contributed by atoms with E-state index in [0.29, 0.717) is 16.2 Å². The van der Waals surface area contributed by atoms with Crippen LogP contribution in [0.1, 0.15) is 31.2 Å². The molecule has 2 fully saturated rings. The minimum atomic E-state index is -0.972. The molecule has 3 aliphatic heterocycles. The summed E-state index contributed by atoms with van der Waals surface area (Å²) < 4.78 is 12.5. The number of aromatic nitrogens is 2. The predicted octanol–water partition coefficient (Wildman–Crippen LogP) is 2.73. The van der Waals surface area contributed by atoms with E-state index in [9.17, 15) is 24.6 Å². The van der Waals surface area contributed by atoms with Crippen molar-refractivity contribution < 1.29 is 34.1 Å². The summed E-state index contributed by atoms with van der Waals surface area (Å²) in [5.74, 6) is -1.79. The number of nitrogens with zero attached hydrogens (tertiary/aromatic N) is 4. The van der Waals surface area contributed by atoms with Gasteiger partial charge in [0.1, 0.15) is 29.8 Å². The van der Waals surface area contributed by atoms with Crippen LogP contribution in [0.5, 0.6) is 0 Å². The molecule has 40 heavy (non-hydrogen) atoms. The van der Waals surface area contributed by atoms with Crippen LogP contribution in [-0.2, 0) is 19.1 Å². The third kappa shape index (κ3) is 4.84. The molecule has 0 spiro atoms. The Morgan fingerprint density at radius 1 is 1.27 bits per heavy atom. The number of likely N-dealkylation sites (tertiary alicyclic amines) is 1. The second kappa shape index (κ2) is 11.4. The van der Waals surface area contributed by atoms with E-state index in [-0.39, 0.29) is 48.6 Å². The highest BCUT2D eigenvalue weighted by Crippen LogP contribution is 2.53. The first-order valence-corrected chi connectivity index (χ1v) is 14.7. The van der Waals surface area contributed by atoms with E-state index >= 15 is 0 Å². The Balaban J connectivity index is 1.43. The van der Waals surface area contributed by atoms with Crippen molar-refractivity contribution >= 4 is 45.9 Å². The number of fused-ring (bicyclic) bond motifs is 2. The summed E-state index contributed by atoms with van der Waals surface area (Å²) in [4.78, 5) is 48.4. The fraction of sp³-hybridized carbons (Fsp3) is 0.481. The smallest absolute Gasteiger partial charge is 0.410 e. The number of carbonyl (C=O) groups excluding carboxylic acids is 3. The average molecular weight is 589 g/mol. The van der Waals surface area contributed by atoms with Gasteiger partial charge in [-0.1, -0.05) is 32.2 Å². The minimum Gasteiger partial charge on any atom is -0.457 e. The Bertz CT molecular complexity index is 1340. The number of esters is 1. The molecule has 214 valence electrons. The van der Waals surface area contributed by atoms with Gasteiger partial charge in [-0.2, -0.15) is 0 Å². The number of aliphatic hydroxyl groups is 2. The lowest BCUT2D eigenvalue weighted by Gasteiger charge is -2.46. The number of imidazole rings is 1. The quantitative estimate of drug-likeness (QED) is 0.244. The zero-order valence-electron chi connectivity index (χ0n) is 22.2. The third-order valence-corrected chi connectivity index (χ3v) is 10.2. The van der Waals surface area contributed by atoms with Gasteiger partial charge < -0.3 is 29.5 Å². The number of aliphatic hydroxyl groups excluding tert-OH is 2. The Kier molecular flexibility index (Phi) is 8.09. The van der Waals surface area contributed by atoms with Gasteiger partial charge in [-0.05, 0) is 13.3 Å². The van der Waals surface area contributed by atoms with Crippen LogP contribution in [0.3, 0.4) is 0 Å². The number of ether oxygens (including phenoxy) is 2. The Morgan fingerprint density at radius 2 is 2.00 bits per heavy atom. The summed E-state index contributed by atoms with van der Waals surface area (Å²) in [5.41, 5.74) is 0.178. The van der Waals surface area contributed by atoms with Crippen LogP contribution in [0.4, 0.5) is 4.79 Å². The fourth-order valence-electron chi connectivity index (χ4n) is 5.76. The van der Waals surface area contributed by atoms with E-state index in [1.54, 1.807) is 25.6 Å². The number of thioether (sulfide) groups is 1. The average Bonchev–Trinajstić information content (AvgIpc) is 3.68. The number of thiazole rings is 1. The van der Waals surface area contributed by atoms with Gasteiger partial charge in [0.25, 0.3) is 0 Å². The van der Waals surface area contributed by atoms with Gasteiger partial charge in [-0.3, -0.25) is 9.20 Å². The first-order chi connectivity index (χ1) is 19.2. The first-order valence-electron chi connectivity index (χ1n) is 13.0. The lowest BCUT2D eigenvalue weighted by molar-refractivity contribution is -0.164. The van der Waals surface area contributed by atoms with Crippen LogP contribution in [0, 0.1) is 11.8 Å².